The largest absolute Gasteiger partial charge is 0.356 e. The standard InChI is InChI=1S/C18H27N3O3/c1-13(2)20-18(24)15-8-10-16(11-9-15)21-17(23)7-5-4-6-12-19-14(3)22/h8-11,13H,4-7,12H2,1-3H3,(H,19,22)(H,20,24)(H,21,23). The summed E-state index contributed by atoms with van der Waals surface area (Å²) in [6.45, 7) is 5.95. The minimum atomic E-state index is -0.123. The predicted molar refractivity (Wildman–Crippen MR) is 94.8 cm³/mol. The molecule has 0 fully saturated rings. The molecule has 0 aromatic heterocycles. The fraction of sp³-hybridized carbons (Fsp3) is 0.500. The Morgan fingerprint density at radius 1 is 1.00 bits per heavy atom. The molecule has 6 nitrogen and oxygen atoms in total. The van der Waals surface area contributed by atoms with E-state index in [2.05, 4.69) is 16.0 Å². The molecule has 0 saturated carbocycles. The molecule has 0 unspecified atom stereocenters. The summed E-state index contributed by atoms with van der Waals surface area (Å²) in [6, 6.07) is 6.93. The second-order valence-corrected chi connectivity index (χ2v) is 6.05. The van der Waals surface area contributed by atoms with Crippen molar-refractivity contribution >= 4 is 23.4 Å². The fourth-order valence-electron chi connectivity index (χ4n) is 2.13. The smallest absolute Gasteiger partial charge is 0.251 e. The molecule has 0 aliphatic rings. The molecular weight excluding hydrogens is 306 g/mol. The summed E-state index contributed by atoms with van der Waals surface area (Å²) in [6.07, 6.45) is 2.98. The van der Waals surface area contributed by atoms with E-state index in [0.717, 1.165) is 19.3 Å². The van der Waals surface area contributed by atoms with E-state index in [-0.39, 0.29) is 23.8 Å². The van der Waals surface area contributed by atoms with Gasteiger partial charge in [0.1, 0.15) is 0 Å². The summed E-state index contributed by atoms with van der Waals surface area (Å²) in [4.78, 5) is 34.4. The molecule has 1 aromatic rings. The lowest BCUT2D eigenvalue weighted by Gasteiger charge is -2.09. The van der Waals surface area contributed by atoms with E-state index in [0.29, 0.717) is 24.2 Å². The van der Waals surface area contributed by atoms with Crippen LogP contribution in [0.15, 0.2) is 24.3 Å². The van der Waals surface area contributed by atoms with Gasteiger partial charge in [0.15, 0.2) is 0 Å². The maximum absolute atomic E-state index is 11.9. The van der Waals surface area contributed by atoms with E-state index in [4.69, 9.17) is 0 Å². The van der Waals surface area contributed by atoms with Crippen molar-refractivity contribution in [1.29, 1.82) is 0 Å². The average molecular weight is 333 g/mol. The van der Waals surface area contributed by atoms with Gasteiger partial charge in [-0.3, -0.25) is 14.4 Å². The summed E-state index contributed by atoms with van der Waals surface area (Å²) in [5.74, 6) is -0.200. The van der Waals surface area contributed by atoms with Gasteiger partial charge in [-0.15, -0.1) is 0 Å². The molecule has 0 saturated heterocycles. The SMILES string of the molecule is CC(=O)NCCCCCC(=O)Nc1ccc(C(=O)NC(C)C)cc1. The molecule has 0 heterocycles. The van der Waals surface area contributed by atoms with Crippen molar-refractivity contribution in [1.82, 2.24) is 10.6 Å². The Balaban J connectivity index is 2.29. The second kappa shape index (κ2) is 10.4. The number of anilines is 1. The van der Waals surface area contributed by atoms with Crippen molar-refractivity contribution in [3.05, 3.63) is 29.8 Å². The first-order chi connectivity index (χ1) is 11.4. The first-order valence-electron chi connectivity index (χ1n) is 8.33. The Morgan fingerprint density at radius 3 is 2.25 bits per heavy atom. The van der Waals surface area contributed by atoms with Crippen molar-refractivity contribution in [2.24, 2.45) is 0 Å². The van der Waals surface area contributed by atoms with E-state index in [9.17, 15) is 14.4 Å². The molecule has 3 amide bonds. The monoisotopic (exact) mass is 333 g/mol. The number of nitrogens with one attached hydrogen (secondary N) is 3. The van der Waals surface area contributed by atoms with Crippen LogP contribution in [0.4, 0.5) is 5.69 Å². The first-order valence-corrected chi connectivity index (χ1v) is 8.33. The zero-order valence-corrected chi connectivity index (χ0v) is 14.6. The minimum absolute atomic E-state index is 0.0294. The molecule has 0 radical (unpaired) electrons. The van der Waals surface area contributed by atoms with Crippen LogP contribution in [0, 0.1) is 0 Å². The Labute approximate surface area is 143 Å². The quantitative estimate of drug-likeness (QED) is 0.607. The molecule has 24 heavy (non-hydrogen) atoms. The average Bonchev–Trinajstić information content (AvgIpc) is 2.50. The third-order valence-corrected chi connectivity index (χ3v) is 3.31. The van der Waals surface area contributed by atoms with E-state index >= 15 is 0 Å². The molecule has 0 atom stereocenters. The minimum Gasteiger partial charge on any atom is -0.356 e. The lowest BCUT2D eigenvalue weighted by atomic mass is 10.1. The molecule has 0 spiro atoms. The summed E-state index contributed by atoms with van der Waals surface area (Å²) in [5, 5.41) is 8.36. The lowest BCUT2D eigenvalue weighted by molar-refractivity contribution is -0.119. The predicted octanol–water partition coefficient (Wildman–Crippen LogP) is 2.46. The molecule has 0 aliphatic carbocycles. The second-order valence-electron chi connectivity index (χ2n) is 6.05. The number of carbonyl (C=O) groups is 3. The molecule has 1 rings (SSSR count). The van der Waals surface area contributed by atoms with Crippen LogP contribution in [0.1, 0.15) is 56.8 Å². The van der Waals surface area contributed by atoms with Crippen molar-refractivity contribution in [3.63, 3.8) is 0 Å². The van der Waals surface area contributed by atoms with Crippen LogP contribution in [0.3, 0.4) is 0 Å². The highest BCUT2D eigenvalue weighted by atomic mass is 16.2. The van der Waals surface area contributed by atoms with Crippen LogP contribution < -0.4 is 16.0 Å². The number of hydrogen-bond acceptors (Lipinski definition) is 3. The van der Waals surface area contributed by atoms with Crippen molar-refractivity contribution in [2.45, 2.75) is 52.5 Å². The topological polar surface area (TPSA) is 87.3 Å². The van der Waals surface area contributed by atoms with Crippen LogP contribution in [0.25, 0.3) is 0 Å². The van der Waals surface area contributed by atoms with Gasteiger partial charge >= 0.3 is 0 Å². The molecule has 132 valence electrons. The summed E-state index contributed by atoms with van der Waals surface area (Å²) >= 11 is 0. The Morgan fingerprint density at radius 2 is 1.67 bits per heavy atom. The number of carbonyl (C=O) groups excluding carboxylic acids is 3. The van der Waals surface area contributed by atoms with Crippen molar-refractivity contribution < 1.29 is 14.4 Å². The number of unbranched alkanes of at least 4 members (excludes halogenated alkanes) is 2. The van der Waals surface area contributed by atoms with Crippen LogP contribution in [0.2, 0.25) is 0 Å². The van der Waals surface area contributed by atoms with Gasteiger partial charge in [0, 0.05) is 37.2 Å². The normalized spacial score (nSPS) is 10.3. The van der Waals surface area contributed by atoms with Crippen molar-refractivity contribution in [3.8, 4) is 0 Å². The van der Waals surface area contributed by atoms with E-state index in [1.54, 1.807) is 24.3 Å². The Hall–Kier alpha value is -2.37. The van der Waals surface area contributed by atoms with Crippen LogP contribution in [-0.2, 0) is 9.59 Å². The fourth-order valence-corrected chi connectivity index (χ4v) is 2.13. The molecular formula is C18H27N3O3. The van der Waals surface area contributed by atoms with Gasteiger partial charge in [0.2, 0.25) is 11.8 Å². The summed E-state index contributed by atoms with van der Waals surface area (Å²) in [5.41, 5.74) is 1.25. The highest BCUT2D eigenvalue weighted by Crippen LogP contribution is 2.11. The maximum Gasteiger partial charge on any atom is 0.251 e. The number of rotatable bonds is 9. The van der Waals surface area contributed by atoms with E-state index in [1.165, 1.54) is 6.92 Å². The Kier molecular flexibility index (Phi) is 8.54. The summed E-state index contributed by atoms with van der Waals surface area (Å²) in [7, 11) is 0. The number of hydrogen-bond donors (Lipinski definition) is 3. The van der Waals surface area contributed by atoms with Gasteiger partial charge < -0.3 is 16.0 Å². The number of amides is 3. The maximum atomic E-state index is 11.9. The zero-order chi connectivity index (χ0) is 17.9. The third kappa shape index (κ3) is 8.31. The van der Waals surface area contributed by atoms with E-state index < -0.39 is 0 Å². The number of benzene rings is 1. The highest BCUT2D eigenvalue weighted by Gasteiger charge is 2.07. The highest BCUT2D eigenvalue weighted by molar-refractivity contribution is 5.95. The molecule has 6 heteroatoms. The van der Waals surface area contributed by atoms with Gasteiger partial charge in [-0.2, -0.15) is 0 Å². The zero-order valence-electron chi connectivity index (χ0n) is 14.6. The third-order valence-electron chi connectivity index (χ3n) is 3.31. The van der Waals surface area contributed by atoms with Gasteiger partial charge in [-0.1, -0.05) is 6.42 Å². The van der Waals surface area contributed by atoms with Crippen LogP contribution >= 0.6 is 0 Å². The lowest BCUT2D eigenvalue weighted by Crippen LogP contribution is -2.30. The molecule has 0 aliphatic heterocycles. The molecule has 1 aromatic carbocycles. The Bertz CT molecular complexity index is 553. The summed E-state index contributed by atoms with van der Waals surface area (Å²) < 4.78 is 0. The molecule has 3 N–H and O–H groups in total. The van der Waals surface area contributed by atoms with Gasteiger partial charge in [0.05, 0.1) is 0 Å². The van der Waals surface area contributed by atoms with Gasteiger partial charge in [-0.05, 0) is 51.0 Å². The first kappa shape index (κ1) is 19.7. The van der Waals surface area contributed by atoms with Crippen LogP contribution in [0.5, 0.6) is 0 Å². The van der Waals surface area contributed by atoms with Crippen molar-refractivity contribution in [2.75, 3.05) is 11.9 Å². The van der Waals surface area contributed by atoms with Gasteiger partial charge in [0.25, 0.3) is 5.91 Å². The van der Waals surface area contributed by atoms with Gasteiger partial charge in [-0.25, -0.2) is 0 Å². The van der Waals surface area contributed by atoms with E-state index in [1.807, 2.05) is 13.8 Å². The molecule has 0 bridgehead atoms. The van der Waals surface area contributed by atoms with Crippen LogP contribution in [-0.4, -0.2) is 30.3 Å².